The molecule has 4 nitrogen and oxygen atoms in total. The molecule has 0 saturated heterocycles. The minimum absolute atomic E-state index is 0.0783. The largest absolute Gasteiger partial charge is 0.393 e. The van der Waals surface area contributed by atoms with Crippen molar-refractivity contribution in [3.63, 3.8) is 0 Å². The van der Waals surface area contributed by atoms with E-state index >= 15 is 0 Å². The first-order valence-electron chi connectivity index (χ1n) is 4.51. The average molecular weight is 201 g/mol. The lowest BCUT2D eigenvalue weighted by Gasteiger charge is -2.05. The number of thiocarbonyl (C=S) groups is 1. The van der Waals surface area contributed by atoms with Crippen LogP contribution in [0.4, 0.5) is 4.79 Å². The molecule has 0 spiro atoms. The van der Waals surface area contributed by atoms with Crippen LogP contribution < -0.4 is 16.4 Å². The van der Waals surface area contributed by atoms with Gasteiger partial charge >= 0.3 is 6.03 Å². The SMILES string of the molecule is NC(=S)CCCNC(=O)NC1CC1. The monoisotopic (exact) mass is 201 g/mol. The lowest BCUT2D eigenvalue weighted by Crippen LogP contribution is -2.37. The molecule has 0 aliphatic heterocycles. The number of carbonyl (C=O) groups excluding carboxylic acids is 1. The van der Waals surface area contributed by atoms with E-state index in [1.807, 2.05) is 0 Å². The zero-order valence-corrected chi connectivity index (χ0v) is 8.32. The number of urea groups is 1. The van der Waals surface area contributed by atoms with Crippen molar-refractivity contribution in [2.45, 2.75) is 31.7 Å². The zero-order valence-electron chi connectivity index (χ0n) is 7.51. The summed E-state index contributed by atoms with van der Waals surface area (Å²) in [5.41, 5.74) is 5.30. The van der Waals surface area contributed by atoms with Crippen LogP contribution in [0.15, 0.2) is 0 Å². The van der Waals surface area contributed by atoms with Crippen LogP contribution in [0.3, 0.4) is 0 Å². The van der Waals surface area contributed by atoms with Crippen molar-refractivity contribution in [1.82, 2.24) is 10.6 Å². The predicted octanol–water partition coefficient (Wildman–Crippen LogP) is 0.514. The van der Waals surface area contributed by atoms with E-state index in [2.05, 4.69) is 10.6 Å². The second-order valence-electron chi connectivity index (χ2n) is 3.24. The van der Waals surface area contributed by atoms with E-state index in [1.165, 1.54) is 0 Å². The number of hydrogen-bond donors (Lipinski definition) is 3. The Morgan fingerprint density at radius 2 is 2.23 bits per heavy atom. The van der Waals surface area contributed by atoms with Gasteiger partial charge in [0.25, 0.3) is 0 Å². The third kappa shape index (κ3) is 5.41. The molecule has 4 N–H and O–H groups in total. The molecule has 0 aromatic rings. The molecule has 0 atom stereocenters. The maximum absolute atomic E-state index is 11.1. The Bertz CT molecular complexity index is 204. The molecule has 2 amide bonds. The normalized spacial score (nSPS) is 15.1. The van der Waals surface area contributed by atoms with Crippen molar-refractivity contribution < 1.29 is 4.79 Å². The third-order valence-corrected chi connectivity index (χ3v) is 2.00. The van der Waals surface area contributed by atoms with E-state index in [0.29, 0.717) is 24.0 Å². The fourth-order valence-electron chi connectivity index (χ4n) is 0.929. The molecule has 0 heterocycles. The van der Waals surface area contributed by atoms with Crippen LogP contribution in [0.2, 0.25) is 0 Å². The van der Waals surface area contributed by atoms with Gasteiger partial charge in [-0.15, -0.1) is 0 Å². The van der Waals surface area contributed by atoms with Crippen molar-refractivity contribution >= 4 is 23.2 Å². The quantitative estimate of drug-likeness (QED) is 0.448. The van der Waals surface area contributed by atoms with Crippen molar-refractivity contribution in [2.75, 3.05) is 6.54 Å². The van der Waals surface area contributed by atoms with Crippen molar-refractivity contribution in [3.8, 4) is 0 Å². The first-order chi connectivity index (χ1) is 6.18. The summed E-state index contributed by atoms with van der Waals surface area (Å²) < 4.78 is 0. The summed E-state index contributed by atoms with van der Waals surface area (Å²) in [6.07, 6.45) is 3.73. The molecule has 13 heavy (non-hydrogen) atoms. The lowest BCUT2D eigenvalue weighted by atomic mass is 10.3. The van der Waals surface area contributed by atoms with Crippen LogP contribution >= 0.6 is 12.2 Å². The Kier molecular flexibility index (Phi) is 3.95. The summed E-state index contributed by atoms with van der Waals surface area (Å²) in [5, 5.41) is 5.57. The first-order valence-corrected chi connectivity index (χ1v) is 4.92. The van der Waals surface area contributed by atoms with Crippen LogP contribution in [0, 0.1) is 0 Å². The standard InChI is InChI=1S/C8H15N3OS/c9-7(13)2-1-5-10-8(12)11-6-3-4-6/h6H,1-5H2,(H2,9,13)(H2,10,11,12). The zero-order chi connectivity index (χ0) is 9.68. The fourth-order valence-corrected chi connectivity index (χ4v) is 1.07. The van der Waals surface area contributed by atoms with Gasteiger partial charge in [-0.2, -0.15) is 0 Å². The van der Waals surface area contributed by atoms with Crippen LogP contribution in [-0.2, 0) is 0 Å². The number of nitrogens with one attached hydrogen (secondary N) is 2. The number of amides is 2. The highest BCUT2D eigenvalue weighted by molar-refractivity contribution is 7.80. The van der Waals surface area contributed by atoms with E-state index in [1.54, 1.807) is 0 Å². The highest BCUT2D eigenvalue weighted by Gasteiger charge is 2.22. The first kappa shape index (κ1) is 10.2. The number of rotatable bonds is 5. The molecule has 5 heteroatoms. The summed E-state index contributed by atoms with van der Waals surface area (Å²) in [4.78, 5) is 11.6. The smallest absolute Gasteiger partial charge is 0.315 e. The molecule has 1 aliphatic rings. The van der Waals surface area contributed by atoms with Crippen LogP contribution in [0.25, 0.3) is 0 Å². The molecule has 0 unspecified atom stereocenters. The summed E-state index contributed by atoms with van der Waals surface area (Å²) in [5.74, 6) is 0. The summed E-state index contributed by atoms with van der Waals surface area (Å²) in [6.45, 7) is 0.635. The van der Waals surface area contributed by atoms with E-state index in [0.717, 1.165) is 19.3 Å². The average Bonchev–Trinajstić information content (AvgIpc) is 2.81. The van der Waals surface area contributed by atoms with Gasteiger partial charge in [0, 0.05) is 12.6 Å². The molecule has 0 radical (unpaired) electrons. The van der Waals surface area contributed by atoms with Gasteiger partial charge in [-0.25, -0.2) is 4.79 Å². The number of nitrogens with two attached hydrogens (primary N) is 1. The second-order valence-corrected chi connectivity index (χ2v) is 3.77. The molecule has 1 fully saturated rings. The van der Waals surface area contributed by atoms with Crippen LogP contribution in [0.5, 0.6) is 0 Å². The van der Waals surface area contributed by atoms with Gasteiger partial charge in [0.1, 0.15) is 0 Å². The van der Waals surface area contributed by atoms with Gasteiger partial charge in [-0.05, 0) is 25.7 Å². The maximum atomic E-state index is 11.1. The molecule has 1 aliphatic carbocycles. The van der Waals surface area contributed by atoms with Crippen molar-refractivity contribution in [3.05, 3.63) is 0 Å². The molecule has 1 saturated carbocycles. The Morgan fingerprint density at radius 1 is 1.54 bits per heavy atom. The lowest BCUT2D eigenvalue weighted by molar-refractivity contribution is 0.240. The fraction of sp³-hybridized carbons (Fsp3) is 0.750. The molecule has 0 aromatic carbocycles. The molecule has 74 valence electrons. The highest BCUT2D eigenvalue weighted by Crippen LogP contribution is 2.18. The molecule has 0 aromatic heterocycles. The van der Waals surface area contributed by atoms with Crippen molar-refractivity contribution in [1.29, 1.82) is 0 Å². The molecular weight excluding hydrogens is 186 g/mol. The van der Waals surface area contributed by atoms with E-state index in [-0.39, 0.29) is 6.03 Å². The maximum Gasteiger partial charge on any atom is 0.315 e. The summed E-state index contributed by atoms with van der Waals surface area (Å²) >= 11 is 4.70. The van der Waals surface area contributed by atoms with E-state index < -0.39 is 0 Å². The number of carbonyl (C=O) groups is 1. The third-order valence-electron chi connectivity index (χ3n) is 1.80. The van der Waals surface area contributed by atoms with Gasteiger partial charge < -0.3 is 16.4 Å². The second kappa shape index (κ2) is 5.01. The Morgan fingerprint density at radius 3 is 2.77 bits per heavy atom. The Hall–Kier alpha value is -0.840. The molecular formula is C8H15N3OS. The summed E-state index contributed by atoms with van der Waals surface area (Å²) in [7, 11) is 0. The van der Waals surface area contributed by atoms with E-state index in [9.17, 15) is 4.79 Å². The van der Waals surface area contributed by atoms with Gasteiger partial charge in [0.15, 0.2) is 0 Å². The minimum atomic E-state index is -0.0783. The van der Waals surface area contributed by atoms with Crippen LogP contribution in [0.1, 0.15) is 25.7 Å². The van der Waals surface area contributed by atoms with Gasteiger partial charge in [-0.1, -0.05) is 12.2 Å². The van der Waals surface area contributed by atoms with Crippen molar-refractivity contribution in [2.24, 2.45) is 5.73 Å². The Labute approximate surface area is 83.2 Å². The molecule has 1 rings (SSSR count). The molecule has 0 bridgehead atoms. The predicted molar refractivity (Wildman–Crippen MR) is 55.6 cm³/mol. The topological polar surface area (TPSA) is 67.1 Å². The van der Waals surface area contributed by atoms with Gasteiger partial charge in [-0.3, -0.25) is 0 Å². The highest BCUT2D eigenvalue weighted by atomic mass is 32.1. The van der Waals surface area contributed by atoms with E-state index in [4.69, 9.17) is 18.0 Å². The van der Waals surface area contributed by atoms with Gasteiger partial charge in [0.05, 0.1) is 4.99 Å². The van der Waals surface area contributed by atoms with Crippen LogP contribution in [-0.4, -0.2) is 23.6 Å². The summed E-state index contributed by atoms with van der Waals surface area (Å²) in [6, 6.07) is 0.334. The van der Waals surface area contributed by atoms with Gasteiger partial charge in [0.2, 0.25) is 0 Å². The number of hydrogen-bond acceptors (Lipinski definition) is 2. The Balaban J connectivity index is 1.91. The minimum Gasteiger partial charge on any atom is -0.393 e.